The van der Waals surface area contributed by atoms with Crippen molar-refractivity contribution in [2.24, 2.45) is 0 Å². The summed E-state index contributed by atoms with van der Waals surface area (Å²) < 4.78 is 61.9. The van der Waals surface area contributed by atoms with Gasteiger partial charge in [-0.3, -0.25) is 4.79 Å². The van der Waals surface area contributed by atoms with Gasteiger partial charge in [0.05, 0.1) is 0 Å². The van der Waals surface area contributed by atoms with Gasteiger partial charge in [-0.2, -0.15) is 22.0 Å². The molecule has 0 aromatic carbocycles. The minimum Gasteiger partial charge on any atom is -0.358 e. The summed E-state index contributed by atoms with van der Waals surface area (Å²) in [6.45, 7) is 0.653. The van der Waals surface area contributed by atoms with E-state index in [1.165, 1.54) is 6.92 Å². The summed E-state index contributed by atoms with van der Waals surface area (Å²) in [4.78, 5) is 24.8. The Hall–Kier alpha value is -2.07. The number of hydrogen-bond donors (Lipinski definition) is 0. The third kappa shape index (κ3) is 3.95. The lowest BCUT2D eigenvalue weighted by Gasteiger charge is -2.18. The van der Waals surface area contributed by atoms with Gasteiger partial charge in [-0.15, -0.1) is 0 Å². The molecule has 118 valence electrons. The number of hydrogen-bond acceptors (Lipinski definition) is 4. The Balaban J connectivity index is 2.72. The summed E-state index contributed by atoms with van der Waals surface area (Å²) in [5.74, 6) is -6.41. The molecule has 0 fully saturated rings. The van der Waals surface area contributed by atoms with Crippen molar-refractivity contribution in [3.05, 3.63) is 22.1 Å². The number of ketones is 1. The molecule has 0 radical (unpaired) electrons. The van der Waals surface area contributed by atoms with Gasteiger partial charge in [-0.25, -0.2) is 9.55 Å². The fourth-order valence-corrected chi connectivity index (χ4v) is 1.49. The Morgan fingerprint density at radius 2 is 1.95 bits per heavy atom. The molecule has 0 spiro atoms. The summed E-state index contributed by atoms with van der Waals surface area (Å²) in [7, 11) is 0. The molecule has 1 heterocycles. The van der Waals surface area contributed by atoms with Crippen molar-refractivity contribution in [2.45, 2.75) is 38.4 Å². The van der Waals surface area contributed by atoms with E-state index in [-0.39, 0.29) is 5.82 Å². The molecule has 21 heavy (non-hydrogen) atoms. The topological polar surface area (TPSA) is 78.0 Å². The van der Waals surface area contributed by atoms with Gasteiger partial charge in [0.2, 0.25) is 0 Å². The van der Waals surface area contributed by atoms with Crippen LogP contribution in [0.3, 0.4) is 0 Å². The lowest BCUT2D eigenvalue weighted by molar-refractivity contribution is -0.392. The zero-order chi connectivity index (χ0) is 16.4. The van der Waals surface area contributed by atoms with Crippen LogP contribution in [0.1, 0.15) is 18.7 Å². The van der Waals surface area contributed by atoms with Gasteiger partial charge in [0.15, 0.2) is 18.2 Å². The van der Waals surface area contributed by atoms with Gasteiger partial charge in [0.1, 0.15) is 6.20 Å². The van der Waals surface area contributed by atoms with Crippen LogP contribution in [0.5, 0.6) is 0 Å². The fraction of sp³-hybridized carbons (Fsp3) is 0.600. The predicted octanol–water partition coefficient (Wildman–Crippen LogP) is 2.65. The van der Waals surface area contributed by atoms with Crippen LogP contribution in [-0.2, 0) is 11.3 Å². The Bertz CT molecular complexity index is 553. The molecule has 1 aromatic rings. The lowest BCUT2D eigenvalue weighted by atomic mass is 10.1. The quantitative estimate of drug-likeness (QED) is 0.459. The van der Waals surface area contributed by atoms with Crippen molar-refractivity contribution >= 4 is 11.6 Å². The van der Waals surface area contributed by atoms with Crippen molar-refractivity contribution in [3.63, 3.8) is 0 Å². The van der Waals surface area contributed by atoms with Crippen LogP contribution in [0.25, 0.3) is 0 Å². The highest BCUT2D eigenvalue weighted by molar-refractivity contribution is 5.78. The summed E-state index contributed by atoms with van der Waals surface area (Å²) in [5, 5.41) is 10.6. The van der Waals surface area contributed by atoms with Crippen LogP contribution in [-0.4, -0.2) is 32.4 Å². The van der Waals surface area contributed by atoms with E-state index in [1.54, 1.807) is 0 Å². The predicted molar refractivity (Wildman–Crippen MR) is 58.9 cm³/mol. The second-order valence-corrected chi connectivity index (χ2v) is 4.25. The van der Waals surface area contributed by atoms with Crippen molar-refractivity contribution in [1.82, 2.24) is 9.55 Å². The van der Waals surface area contributed by atoms with Gasteiger partial charge in [0.25, 0.3) is 0 Å². The smallest absolute Gasteiger partial charge is 0.358 e. The third-order valence-corrected chi connectivity index (χ3v) is 2.69. The number of alkyl halides is 5. The van der Waals surface area contributed by atoms with E-state index in [2.05, 4.69) is 4.98 Å². The maximum absolute atomic E-state index is 12.7. The zero-order valence-corrected chi connectivity index (χ0v) is 10.7. The Kier molecular flexibility index (Phi) is 4.64. The Labute approximate surface area is 114 Å². The van der Waals surface area contributed by atoms with E-state index >= 15 is 0 Å². The van der Waals surface area contributed by atoms with E-state index in [9.17, 15) is 36.9 Å². The average molecular weight is 315 g/mol. The molecule has 0 bridgehead atoms. The molecule has 0 aliphatic carbocycles. The first-order chi connectivity index (χ1) is 9.45. The van der Waals surface area contributed by atoms with Crippen LogP contribution < -0.4 is 0 Å². The molecule has 0 unspecified atom stereocenters. The summed E-state index contributed by atoms with van der Waals surface area (Å²) in [6, 6.07) is 0. The number of carbonyl (C=O) groups is 1. The molecule has 1 rings (SSSR count). The van der Waals surface area contributed by atoms with Crippen molar-refractivity contribution in [3.8, 4) is 0 Å². The highest BCUT2D eigenvalue weighted by Gasteiger charge is 2.56. The highest BCUT2D eigenvalue weighted by Crippen LogP contribution is 2.38. The standard InChI is InChI=1S/C10H10F5N3O3/c1-6-16-4-8(18(20)21)17(6)5-7(19)2-3-9(11,12)10(13,14)15/h4H,2-3,5H2,1H3. The largest absolute Gasteiger partial charge is 0.453 e. The minimum atomic E-state index is -5.73. The first-order valence-corrected chi connectivity index (χ1v) is 5.58. The van der Waals surface area contributed by atoms with Crippen molar-refractivity contribution in [1.29, 1.82) is 0 Å². The van der Waals surface area contributed by atoms with Gasteiger partial charge in [-0.05, 0) is 4.92 Å². The zero-order valence-electron chi connectivity index (χ0n) is 10.7. The fourth-order valence-electron chi connectivity index (χ4n) is 1.49. The number of aromatic nitrogens is 2. The van der Waals surface area contributed by atoms with E-state index in [0.29, 0.717) is 0 Å². The van der Waals surface area contributed by atoms with Crippen LogP contribution >= 0.6 is 0 Å². The lowest BCUT2D eigenvalue weighted by Crippen LogP contribution is -2.36. The average Bonchev–Trinajstić information content (AvgIpc) is 2.67. The van der Waals surface area contributed by atoms with E-state index in [0.717, 1.165) is 10.8 Å². The molecule has 0 atom stereocenters. The molecule has 0 aliphatic rings. The van der Waals surface area contributed by atoms with Crippen LogP contribution in [0, 0.1) is 17.0 Å². The summed E-state index contributed by atoms with van der Waals surface area (Å²) in [5.41, 5.74) is 0. The monoisotopic (exact) mass is 315 g/mol. The molecular weight excluding hydrogens is 305 g/mol. The number of aryl methyl sites for hydroxylation is 1. The van der Waals surface area contributed by atoms with E-state index in [1.807, 2.05) is 0 Å². The van der Waals surface area contributed by atoms with Gasteiger partial charge >= 0.3 is 17.9 Å². The Morgan fingerprint density at radius 1 is 1.38 bits per heavy atom. The number of nitrogens with zero attached hydrogens (tertiary/aromatic N) is 3. The highest BCUT2D eigenvalue weighted by atomic mass is 19.4. The summed E-state index contributed by atoms with van der Waals surface area (Å²) in [6.07, 6.45) is -7.62. The molecule has 0 saturated heterocycles. The van der Waals surface area contributed by atoms with Crippen LogP contribution in [0.2, 0.25) is 0 Å². The van der Waals surface area contributed by atoms with E-state index in [4.69, 9.17) is 0 Å². The normalized spacial score (nSPS) is 12.5. The molecule has 0 aliphatic heterocycles. The molecule has 0 saturated carbocycles. The van der Waals surface area contributed by atoms with Crippen molar-refractivity contribution in [2.75, 3.05) is 0 Å². The number of Topliss-reactive ketones (excluding diaryl/α,β-unsaturated/α-hetero) is 1. The molecule has 6 nitrogen and oxygen atoms in total. The molecule has 0 N–H and O–H groups in total. The van der Waals surface area contributed by atoms with Gasteiger partial charge < -0.3 is 10.1 Å². The molecular formula is C10H10F5N3O3. The van der Waals surface area contributed by atoms with Crippen LogP contribution in [0.4, 0.5) is 27.8 Å². The first-order valence-electron chi connectivity index (χ1n) is 5.58. The number of carbonyl (C=O) groups excluding carboxylic acids is 1. The van der Waals surface area contributed by atoms with Gasteiger partial charge in [0, 0.05) is 19.8 Å². The number of halogens is 5. The van der Waals surface area contributed by atoms with Crippen LogP contribution in [0.15, 0.2) is 6.20 Å². The number of nitro groups is 1. The Morgan fingerprint density at radius 3 is 2.43 bits per heavy atom. The summed E-state index contributed by atoms with van der Waals surface area (Å²) >= 11 is 0. The minimum absolute atomic E-state index is 0.0811. The second kappa shape index (κ2) is 5.74. The molecule has 11 heteroatoms. The SMILES string of the molecule is Cc1ncc([N+](=O)[O-])n1CC(=O)CCC(F)(F)C(F)(F)F. The number of imidazole rings is 1. The van der Waals surface area contributed by atoms with Gasteiger partial charge in [-0.1, -0.05) is 0 Å². The third-order valence-electron chi connectivity index (χ3n) is 2.69. The second-order valence-electron chi connectivity index (χ2n) is 4.25. The first kappa shape index (κ1) is 17.0. The maximum Gasteiger partial charge on any atom is 0.453 e. The van der Waals surface area contributed by atoms with E-state index < -0.39 is 48.0 Å². The maximum atomic E-state index is 12.7. The molecule has 1 aromatic heterocycles. The number of rotatable bonds is 6. The molecule has 0 amide bonds. The van der Waals surface area contributed by atoms with Crippen molar-refractivity contribution < 1.29 is 31.7 Å².